The van der Waals surface area contributed by atoms with E-state index < -0.39 is 23.8 Å². The Labute approximate surface area is 156 Å². The molecule has 1 atom stereocenters. The second-order valence-electron chi connectivity index (χ2n) is 7.07. The highest BCUT2D eigenvalue weighted by Crippen LogP contribution is 2.32. The van der Waals surface area contributed by atoms with E-state index in [4.69, 9.17) is 4.74 Å². The maximum absolute atomic E-state index is 12.8. The van der Waals surface area contributed by atoms with E-state index in [9.17, 15) is 19.2 Å². The molecule has 2 saturated heterocycles. The Morgan fingerprint density at radius 1 is 1.11 bits per heavy atom. The van der Waals surface area contributed by atoms with Crippen LogP contribution in [0.1, 0.15) is 46.9 Å². The maximum atomic E-state index is 12.8. The summed E-state index contributed by atoms with van der Waals surface area (Å²) >= 11 is 0. The Kier molecular flexibility index (Phi) is 4.43. The number of carbonyl (C=O) groups is 4. The molecule has 1 aromatic rings. The fourth-order valence-corrected chi connectivity index (χ4v) is 3.69. The molecule has 3 aliphatic rings. The van der Waals surface area contributed by atoms with Crippen LogP contribution in [0.4, 0.5) is 5.69 Å². The molecule has 0 aliphatic carbocycles. The average Bonchev–Trinajstić information content (AvgIpc) is 2.85. The third-order valence-corrected chi connectivity index (χ3v) is 5.19. The molecular formula is C19H21N3O5. The molecule has 0 bridgehead atoms. The molecule has 3 aliphatic heterocycles. The van der Waals surface area contributed by atoms with Gasteiger partial charge in [-0.15, -0.1) is 0 Å². The number of hydrogen-bond donors (Lipinski definition) is 1. The monoisotopic (exact) mass is 371 g/mol. The quantitative estimate of drug-likeness (QED) is 0.766. The van der Waals surface area contributed by atoms with Crippen LogP contribution in [0, 0.1) is 0 Å². The van der Waals surface area contributed by atoms with Crippen molar-refractivity contribution in [3.63, 3.8) is 0 Å². The van der Waals surface area contributed by atoms with Crippen molar-refractivity contribution in [3.05, 3.63) is 29.3 Å². The van der Waals surface area contributed by atoms with Crippen LogP contribution in [0.15, 0.2) is 18.2 Å². The molecule has 8 nitrogen and oxygen atoms in total. The predicted octanol–water partition coefficient (Wildman–Crippen LogP) is 0.703. The van der Waals surface area contributed by atoms with E-state index in [-0.39, 0.29) is 24.9 Å². The number of imide groups is 2. The third-order valence-electron chi connectivity index (χ3n) is 5.19. The molecule has 1 aromatic carbocycles. The van der Waals surface area contributed by atoms with Crippen molar-refractivity contribution in [1.29, 1.82) is 0 Å². The minimum atomic E-state index is -0.936. The van der Waals surface area contributed by atoms with E-state index in [1.54, 1.807) is 12.1 Å². The van der Waals surface area contributed by atoms with Crippen LogP contribution in [-0.4, -0.2) is 60.4 Å². The van der Waals surface area contributed by atoms with Crippen molar-refractivity contribution < 1.29 is 23.9 Å². The zero-order valence-electron chi connectivity index (χ0n) is 15.1. The number of hydrogen-bond acceptors (Lipinski definition) is 6. The van der Waals surface area contributed by atoms with Crippen molar-refractivity contribution in [1.82, 2.24) is 10.2 Å². The Hall–Kier alpha value is -2.74. The largest absolute Gasteiger partial charge is 0.375 e. The number of ether oxygens (including phenoxy) is 1. The first-order valence-corrected chi connectivity index (χ1v) is 9.21. The van der Waals surface area contributed by atoms with Gasteiger partial charge in [0.05, 0.1) is 17.2 Å². The smallest absolute Gasteiger partial charge is 0.262 e. The molecule has 142 valence electrons. The Morgan fingerprint density at radius 2 is 1.85 bits per heavy atom. The zero-order chi connectivity index (χ0) is 19.1. The summed E-state index contributed by atoms with van der Waals surface area (Å²) in [5.41, 5.74) is 1.46. The van der Waals surface area contributed by atoms with Gasteiger partial charge in [-0.1, -0.05) is 6.92 Å². The van der Waals surface area contributed by atoms with E-state index >= 15 is 0 Å². The summed E-state index contributed by atoms with van der Waals surface area (Å²) in [4.78, 5) is 52.0. The van der Waals surface area contributed by atoms with Gasteiger partial charge in [0.1, 0.15) is 6.04 Å². The molecular weight excluding hydrogens is 350 g/mol. The molecule has 2 fully saturated rings. The molecule has 27 heavy (non-hydrogen) atoms. The van der Waals surface area contributed by atoms with E-state index in [1.807, 2.05) is 6.07 Å². The molecule has 1 N–H and O–H groups in total. The first kappa shape index (κ1) is 17.7. The van der Waals surface area contributed by atoms with E-state index in [0.717, 1.165) is 36.7 Å². The number of piperidine rings is 1. The lowest BCUT2D eigenvalue weighted by Crippen LogP contribution is -2.54. The van der Waals surface area contributed by atoms with Gasteiger partial charge in [-0.2, -0.15) is 0 Å². The average molecular weight is 371 g/mol. The van der Waals surface area contributed by atoms with Gasteiger partial charge in [-0.25, -0.2) is 0 Å². The highest BCUT2D eigenvalue weighted by atomic mass is 16.5. The Balaban J connectivity index is 1.51. The van der Waals surface area contributed by atoms with Gasteiger partial charge in [0.2, 0.25) is 11.8 Å². The minimum absolute atomic E-state index is 0.113. The standard InChI is InChI=1S/C19H21N3O5/c1-2-7-27-12-9-21(10-12)11-3-4-13-14(8-11)19(26)22(18(13)25)15-5-6-16(23)20-17(15)24/h3-4,8,12,15H,2,5-7,9-10H2,1H3,(H,20,23,24). The van der Waals surface area contributed by atoms with E-state index in [0.29, 0.717) is 11.1 Å². The fraction of sp³-hybridized carbons (Fsp3) is 0.474. The van der Waals surface area contributed by atoms with Crippen LogP contribution < -0.4 is 10.2 Å². The molecule has 4 rings (SSSR count). The van der Waals surface area contributed by atoms with E-state index in [2.05, 4.69) is 17.1 Å². The van der Waals surface area contributed by atoms with Crippen molar-refractivity contribution in [3.8, 4) is 0 Å². The fourth-order valence-electron chi connectivity index (χ4n) is 3.69. The topological polar surface area (TPSA) is 96.0 Å². The first-order valence-electron chi connectivity index (χ1n) is 9.21. The summed E-state index contributed by atoms with van der Waals surface area (Å²) in [6, 6.07) is 4.22. The van der Waals surface area contributed by atoms with Crippen LogP contribution in [-0.2, 0) is 14.3 Å². The van der Waals surface area contributed by atoms with Gasteiger partial charge < -0.3 is 9.64 Å². The van der Waals surface area contributed by atoms with Crippen LogP contribution >= 0.6 is 0 Å². The second kappa shape index (κ2) is 6.77. The Morgan fingerprint density at radius 3 is 2.56 bits per heavy atom. The lowest BCUT2D eigenvalue weighted by Gasteiger charge is -2.40. The highest BCUT2D eigenvalue weighted by molar-refractivity contribution is 6.23. The van der Waals surface area contributed by atoms with Gasteiger partial charge in [-0.05, 0) is 31.0 Å². The molecule has 0 saturated carbocycles. The SMILES string of the molecule is CCCOC1CN(c2ccc3c(c2)C(=O)N(C2CCC(=O)NC2=O)C3=O)C1. The molecule has 4 amide bonds. The molecule has 0 radical (unpaired) electrons. The third kappa shape index (κ3) is 2.99. The van der Waals surface area contributed by atoms with Gasteiger partial charge >= 0.3 is 0 Å². The molecule has 3 heterocycles. The molecule has 1 unspecified atom stereocenters. The number of benzene rings is 1. The lowest BCUT2D eigenvalue weighted by molar-refractivity contribution is -0.136. The number of amides is 4. The number of nitrogens with one attached hydrogen (secondary N) is 1. The van der Waals surface area contributed by atoms with Crippen LogP contribution in [0.3, 0.4) is 0 Å². The van der Waals surface area contributed by atoms with Crippen LogP contribution in [0.25, 0.3) is 0 Å². The summed E-state index contributed by atoms with van der Waals surface area (Å²) in [7, 11) is 0. The highest BCUT2D eigenvalue weighted by Gasteiger charge is 2.45. The zero-order valence-corrected chi connectivity index (χ0v) is 15.1. The number of nitrogens with zero attached hydrogens (tertiary/aromatic N) is 2. The van der Waals surface area contributed by atoms with Crippen LogP contribution in [0.2, 0.25) is 0 Å². The van der Waals surface area contributed by atoms with Crippen molar-refractivity contribution in [2.75, 3.05) is 24.6 Å². The lowest BCUT2D eigenvalue weighted by atomic mass is 10.0. The number of fused-ring (bicyclic) bond motifs is 1. The number of rotatable bonds is 5. The van der Waals surface area contributed by atoms with Gasteiger partial charge in [0, 0.05) is 31.8 Å². The second-order valence-corrected chi connectivity index (χ2v) is 7.07. The summed E-state index contributed by atoms with van der Waals surface area (Å²) in [5.74, 6) is -1.94. The minimum Gasteiger partial charge on any atom is -0.375 e. The van der Waals surface area contributed by atoms with Gasteiger partial charge in [0.25, 0.3) is 11.8 Å². The molecule has 8 heteroatoms. The number of anilines is 1. The van der Waals surface area contributed by atoms with Crippen molar-refractivity contribution >= 4 is 29.3 Å². The summed E-state index contributed by atoms with van der Waals surface area (Å²) < 4.78 is 5.68. The summed E-state index contributed by atoms with van der Waals surface area (Å²) in [5, 5.41) is 2.20. The molecule has 0 aromatic heterocycles. The summed E-state index contributed by atoms with van der Waals surface area (Å²) in [6.45, 7) is 4.29. The van der Waals surface area contributed by atoms with Gasteiger partial charge in [0.15, 0.2) is 0 Å². The number of carbonyl (C=O) groups excluding carboxylic acids is 4. The first-order chi connectivity index (χ1) is 13.0. The molecule has 0 spiro atoms. The van der Waals surface area contributed by atoms with Crippen LogP contribution in [0.5, 0.6) is 0 Å². The normalized spacial score (nSPS) is 22.8. The van der Waals surface area contributed by atoms with E-state index in [1.165, 1.54) is 0 Å². The van der Waals surface area contributed by atoms with Gasteiger partial charge in [-0.3, -0.25) is 29.4 Å². The predicted molar refractivity (Wildman–Crippen MR) is 95.4 cm³/mol. The Bertz CT molecular complexity index is 831. The van der Waals surface area contributed by atoms with Crippen molar-refractivity contribution in [2.24, 2.45) is 0 Å². The maximum Gasteiger partial charge on any atom is 0.262 e. The summed E-state index contributed by atoms with van der Waals surface area (Å²) in [6.07, 6.45) is 1.44. The van der Waals surface area contributed by atoms with Crippen molar-refractivity contribution in [2.45, 2.75) is 38.3 Å².